The lowest BCUT2D eigenvalue weighted by atomic mass is 9.96. The van der Waals surface area contributed by atoms with Crippen LogP contribution in [0.4, 0.5) is 5.69 Å². The maximum absolute atomic E-state index is 10.9. The average molecular weight is 333 g/mol. The summed E-state index contributed by atoms with van der Waals surface area (Å²) in [4.78, 5) is 12.8. The third kappa shape index (κ3) is 2.34. The van der Waals surface area contributed by atoms with Crippen molar-refractivity contribution in [3.63, 3.8) is 0 Å². The quantitative estimate of drug-likeness (QED) is 0.586. The lowest BCUT2D eigenvalue weighted by Crippen LogP contribution is -2.15. The highest BCUT2D eigenvalue weighted by Crippen LogP contribution is 2.35. The number of rotatable bonds is 1. The minimum atomic E-state index is -0.340. The summed E-state index contributed by atoms with van der Waals surface area (Å²) >= 11 is 3.50. The van der Waals surface area contributed by atoms with Crippen molar-refractivity contribution >= 4 is 21.6 Å². The van der Waals surface area contributed by atoms with E-state index in [0.717, 1.165) is 27.7 Å². The zero-order valence-electron chi connectivity index (χ0n) is 11.0. The molecule has 1 heterocycles. The van der Waals surface area contributed by atoms with Crippen molar-refractivity contribution in [3.05, 3.63) is 62.1 Å². The number of nitrogens with zero attached hydrogens (tertiary/aromatic N) is 2. The van der Waals surface area contributed by atoms with Crippen molar-refractivity contribution in [1.82, 2.24) is 4.90 Å². The van der Waals surface area contributed by atoms with E-state index in [1.54, 1.807) is 12.1 Å². The van der Waals surface area contributed by atoms with Gasteiger partial charge in [0, 0.05) is 29.7 Å². The first-order valence-electron chi connectivity index (χ1n) is 6.29. The van der Waals surface area contributed by atoms with Crippen molar-refractivity contribution in [2.24, 2.45) is 0 Å². The number of nitro benzene ring substituents is 1. The topological polar surface area (TPSA) is 46.4 Å². The molecule has 0 radical (unpaired) electrons. The molecule has 102 valence electrons. The number of hydrogen-bond acceptors (Lipinski definition) is 3. The Morgan fingerprint density at radius 1 is 1.10 bits per heavy atom. The van der Waals surface area contributed by atoms with Crippen LogP contribution < -0.4 is 0 Å². The molecule has 20 heavy (non-hydrogen) atoms. The van der Waals surface area contributed by atoms with Crippen LogP contribution >= 0.6 is 15.9 Å². The molecule has 5 heteroatoms. The van der Waals surface area contributed by atoms with Gasteiger partial charge in [-0.1, -0.05) is 22.0 Å². The second kappa shape index (κ2) is 5.00. The van der Waals surface area contributed by atoms with Crippen LogP contribution in [-0.2, 0) is 13.1 Å². The van der Waals surface area contributed by atoms with E-state index in [1.807, 2.05) is 19.2 Å². The summed E-state index contributed by atoms with van der Waals surface area (Å²) < 4.78 is 1.02. The first-order valence-corrected chi connectivity index (χ1v) is 7.08. The van der Waals surface area contributed by atoms with Gasteiger partial charge in [-0.2, -0.15) is 0 Å². The molecule has 2 aromatic rings. The number of non-ortho nitro benzene ring substituents is 1. The average Bonchev–Trinajstić information content (AvgIpc) is 2.53. The molecule has 1 aliphatic heterocycles. The van der Waals surface area contributed by atoms with Gasteiger partial charge in [-0.3, -0.25) is 15.0 Å². The third-order valence-electron chi connectivity index (χ3n) is 3.54. The zero-order chi connectivity index (χ0) is 14.3. The maximum Gasteiger partial charge on any atom is 0.269 e. The van der Waals surface area contributed by atoms with Crippen molar-refractivity contribution in [1.29, 1.82) is 0 Å². The molecule has 0 atom stereocenters. The van der Waals surface area contributed by atoms with Crippen molar-refractivity contribution in [2.75, 3.05) is 7.05 Å². The Hall–Kier alpha value is -1.72. The van der Waals surface area contributed by atoms with Gasteiger partial charge >= 0.3 is 0 Å². The SMILES string of the molecule is CN1Cc2cc([N+](=O)[O-])ccc2-c2cc(Br)ccc2C1. The highest BCUT2D eigenvalue weighted by molar-refractivity contribution is 9.10. The summed E-state index contributed by atoms with van der Waals surface area (Å²) in [6, 6.07) is 11.3. The summed E-state index contributed by atoms with van der Waals surface area (Å²) in [6.07, 6.45) is 0. The van der Waals surface area contributed by atoms with E-state index < -0.39 is 0 Å². The number of benzene rings is 2. The Balaban J connectivity index is 2.23. The second-order valence-corrected chi connectivity index (χ2v) is 5.99. The first kappa shape index (κ1) is 13.3. The number of fused-ring (bicyclic) bond motifs is 3. The van der Waals surface area contributed by atoms with Gasteiger partial charge < -0.3 is 0 Å². The van der Waals surface area contributed by atoms with Crippen LogP contribution in [0.3, 0.4) is 0 Å². The Kier molecular flexibility index (Phi) is 3.31. The largest absolute Gasteiger partial charge is 0.298 e. The molecule has 0 N–H and O–H groups in total. The molecule has 4 nitrogen and oxygen atoms in total. The molecule has 0 saturated heterocycles. The Bertz CT molecular complexity index is 700. The van der Waals surface area contributed by atoms with Gasteiger partial charge in [0.25, 0.3) is 5.69 Å². The summed E-state index contributed by atoms with van der Waals surface area (Å²) in [5.41, 5.74) is 4.61. The van der Waals surface area contributed by atoms with E-state index >= 15 is 0 Å². The van der Waals surface area contributed by atoms with E-state index in [2.05, 4.69) is 33.0 Å². The fourth-order valence-corrected chi connectivity index (χ4v) is 3.02. The Morgan fingerprint density at radius 2 is 1.85 bits per heavy atom. The maximum atomic E-state index is 10.9. The molecule has 1 aliphatic rings. The number of halogens is 1. The van der Waals surface area contributed by atoms with Crippen molar-refractivity contribution in [2.45, 2.75) is 13.1 Å². The molecule has 0 bridgehead atoms. The number of nitro groups is 1. The van der Waals surface area contributed by atoms with Crippen molar-refractivity contribution in [3.8, 4) is 11.1 Å². The molecule has 0 spiro atoms. The van der Waals surface area contributed by atoms with Crippen LogP contribution in [0.5, 0.6) is 0 Å². The van der Waals surface area contributed by atoms with Gasteiger partial charge in [-0.05, 0) is 47.5 Å². The molecular weight excluding hydrogens is 320 g/mol. The molecule has 0 fully saturated rings. The van der Waals surface area contributed by atoms with Crippen LogP contribution in [0.1, 0.15) is 11.1 Å². The Labute approximate surface area is 125 Å². The van der Waals surface area contributed by atoms with Crippen LogP contribution in [0.25, 0.3) is 11.1 Å². The summed E-state index contributed by atoms with van der Waals surface area (Å²) in [7, 11) is 2.03. The molecule has 0 amide bonds. The number of hydrogen-bond donors (Lipinski definition) is 0. The molecule has 3 rings (SSSR count). The lowest BCUT2D eigenvalue weighted by Gasteiger charge is -2.13. The van der Waals surface area contributed by atoms with Gasteiger partial charge in [0.1, 0.15) is 0 Å². The minimum absolute atomic E-state index is 0.149. The molecule has 0 saturated carbocycles. The first-order chi connectivity index (χ1) is 9.54. The monoisotopic (exact) mass is 332 g/mol. The fourth-order valence-electron chi connectivity index (χ4n) is 2.66. The third-order valence-corrected chi connectivity index (χ3v) is 4.04. The normalized spacial score (nSPS) is 14.3. The highest BCUT2D eigenvalue weighted by Gasteiger charge is 2.19. The molecule has 0 aliphatic carbocycles. The smallest absolute Gasteiger partial charge is 0.269 e. The van der Waals surface area contributed by atoms with Gasteiger partial charge in [0.2, 0.25) is 0 Å². The van der Waals surface area contributed by atoms with Gasteiger partial charge in [-0.15, -0.1) is 0 Å². The van der Waals surface area contributed by atoms with E-state index in [4.69, 9.17) is 0 Å². The van der Waals surface area contributed by atoms with Gasteiger partial charge in [-0.25, -0.2) is 0 Å². The zero-order valence-corrected chi connectivity index (χ0v) is 12.6. The van der Waals surface area contributed by atoms with Crippen LogP contribution in [0, 0.1) is 10.1 Å². The van der Waals surface area contributed by atoms with E-state index in [9.17, 15) is 10.1 Å². The molecular formula is C15H13BrN2O2. The standard InChI is InChI=1S/C15H13BrN2O2/c1-17-8-10-2-3-12(16)7-15(10)14-5-4-13(18(19)20)6-11(14)9-17/h2-7H,8-9H2,1H3. The van der Waals surface area contributed by atoms with Gasteiger partial charge in [0.15, 0.2) is 0 Å². The van der Waals surface area contributed by atoms with Crippen LogP contribution in [-0.4, -0.2) is 16.9 Å². The fraction of sp³-hybridized carbons (Fsp3) is 0.200. The molecule has 0 aromatic heterocycles. The summed E-state index contributed by atoms with van der Waals surface area (Å²) in [6.45, 7) is 1.55. The lowest BCUT2D eigenvalue weighted by molar-refractivity contribution is -0.384. The highest BCUT2D eigenvalue weighted by atomic mass is 79.9. The molecule has 0 unspecified atom stereocenters. The van der Waals surface area contributed by atoms with Gasteiger partial charge in [0.05, 0.1) is 4.92 Å². The van der Waals surface area contributed by atoms with E-state index in [1.165, 1.54) is 5.56 Å². The predicted molar refractivity (Wildman–Crippen MR) is 81.4 cm³/mol. The molecule has 2 aromatic carbocycles. The van der Waals surface area contributed by atoms with Crippen LogP contribution in [0.2, 0.25) is 0 Å². The summed E-state index contributed by atoms with van der Waals surface area (Å²) in [5.74, 6) is 0. The second-order valence-electron chi connectivity index (χ2n) is 5.07. The predicted octanol–water partition coefficient (Wildman–Crippen LogP) is 3.97. The Morgan fingerprint density at radius 3 is 2.60 bits per heavy atom. The summed E-state index contributed by atoms with van der Waals surface area (Å²) in [5, 5.41) is 10.9. The van der Waals surface area contributed by atoms with Crippen molar-refractivity contribution < 1.29 is 4.92 Å². The van der Waals surface area contributed by atoms with Crippen LogP contribution in [0.15, 0.2) is 40.9 Å². The van der Waals surface area contributed by atoms with E-state index in [0.29, 0.717) is 6.54 Å². The minimum Gasteiger partial charge on any atom is -0.298 e. The van der Waals surface area contributed by atoms with E-state index in [-0.39, 0.29) is 10.6 Å².